The summed E-state index contributed by atoms with van der Waals surface area (Å²) in [6.07, 6.45) is 2.07. The van der Waals surface area contributed by atoms with Crippen LogP contribution in [0.15, 0.2) is 24.4 Å². The molecule has 98 valence electrons. The number of aryl methyl sites for hydroxylation is 1. The molecule has 5 heteroatoms. The van der Waals surface area contributed by atoms with Crippen LogP contribution >= 0.6 is 23.2 Å². The summed E-state index contributed by atoms with van der Waals surface area (Å²) in [6, 6.07) is 5.32. The molecule has 0 saturated carbocycles. The van der Waals surface area contributed by atoms with Crippen molar-refractivity contribution in [3.63, 3.8) is 0 Å². The molecule has 0 saturated heterocycles. The van der Waals surface area contributed by atoms with Gasteiger partial charge in [0, 0.05) is 22.7 Å². The Bertz CT molecular complexity index is 641. The molecule has 1 aromatic heterocycles. The lowest BCUT2D eigenvalue weighted by Crippen LogP contribution is -2.05. The lowest BCUT2D eigenvalue weighted by Gasteiger charge is -2.06. The summed E-state index contributed by atoms with van der Waals surface area (Å²) in [5.74, 6) is 0.597. The number of rotatable bonds is 3. The molecule has 0 radical (unpaired) electrons. The lowest BCUT2D eigenvalue weighted by molar-refractivity contribution is 0.101. The summed E-state index contributed by atoms with van der Waals surface area (Å²) in [4.78, 5) is 19.8. The molecule has 0 amide bonds. The number of hydrogen-bond acceptors (Lipinski definition) is 3. The van der Waals surface area contributed by atoms with Crippen molar-refractivity contribution in [2.75, 3.05) is 0 Å². The van der Waals surface area contributed by atoms with Crippen LogP contribution in [0, 0.1) is 6.92 Å². The standard InChI is InChI=1S/C14H12Cl2N2O/c1-8-12(9(2)19)7-17-14(18-8)5-10-3-4-11(15)6-13(10)16/h3-4,6-7H,5H2,1-2H3. The van der Waals surface area contributed by atoms with Crippen molar-refractivity contribution in [1.82, 2.24) is 9.97 Å². The highest BCUT2D eigenvalue weighted by molar-refractivity contribution is 6.35. The van der Waals surface area contributed by atoms with Gasteiger partial charge in [-0.25, -0.2) is 9.97 Å². The monoisotopic (exact) mass is 294 g/mol. The zero-order chi connectivity index (χ0) is 14.0. The predicted octanol–water partition coefficient (Wildman–Crippen LogP) is 3.89. The fourth-order valence-electron chi connectivity index (χ4n) is 1.78. The Morgan fingerprint density at radius 2 is 2.05 bits per heavy atom. The number of carbonyl (C=O) groups is 1. The molecule has 0 bridgehead atoms. The smallest absolute Gasteiger partial charge is 0.163 e. The van der Waals surface area contributed by atoms with Gasteiger partial charge in [0.05, 0.1) is 11.3 Å². The van der Waals surface area contributed by atoms with E-state index in [2.05, 4.69) is 9.97 Å². The number of hydrogen-bond donors (Lipinski definition) is 0. The van der Waals surface area contributed by atoms with Crippen molar-refractivity contribution in [3.8, 4) is 0 Å². The molecule has 0 fully saturated rings. The van der Waals surface area contributed by atoms with Gasteiger partial charge < -0.3 is 0 Å². The first-order valence-electron chi connectivity index (χ1n) is 5.74. The van der Waals surface area contributed by atoms with E-state index in [-0.39, 0.29) is 5.78 Å². The zero-order valence-electron chi connectivity index (χ0n) is 10.6. The largest absolute Gasteiger partial charge is 0.294 e. The van der Waals surface area contributed by atoms with E-state index in [1.807, 2.05) is 6.07 Å². The van der Waals surface area contributed by atoms with Crippen LogP contribution in [0.2, 0.25) is 10.0 Å². The van der Waals surface area contributed by atoms with Crippen molar-refractivity contribution < 1.29 is 4.79 Å². The van der Waals surface area contributed by atoms with Crippen LogP contribution in [0.25, 0.3) is 0 Å². The van der Waals surface area contributed by atoms with Gasteiger partial charge in [0.15, 0.2) is 5.78 Å². The molecule has 0 aliphatic rings. The maximum atomic E-state index is 11.3. The molecule has 0 N–H and O–H groups in total. The third kappa shape index (κ3) is 3.31. The molecule has 0 atom stereocenters. The van der Waals surface area contributed by atoms with E-state index in [1.54, 1.807) is 25.3 Å². The van der Waals surface area contributed by atoms with Crippen LogP contribution < -0.4 is 0 Å². The van der Waals surface area contributed by atoms with Crippen LogP contribution in [0.4, 0.5) is 0 Å². The van der Waals surface area contributed by atoms with E-state index in [4.69, 9.17) is 23.2 Å². The van der Waals surface area contributed by atoms with Gasteiger partial charge in [0.1, 0.15) is 5.82 Å². The minimum absolute atomic E-state index is 0.0337. The molecule has 0 spiro atoms. The molecule has 0 aliphatic carbocycles. The molecular formula is C14H12Cl2N2O. The van der Waals surface area contributed by atoms with Gasteiger partial charge in [-0.05, 0) is 31.5 Å². The minimum atomic E-state index is -0.0337. The maximum Gasteiger partial charge on any atom is 0.163 e. The van der Waals surface area contributed by atoms with Crippen LogP contribution in [-0.4, -0.2) is 15.8 Å². The van der Waals surface area contributed by atoms with Gasteiger partial charge in [0.2, 0.25) is 0 Å². The Kier molecular flexibility index (Phi) is 4.17. The highest BCUT2D eigenvalue weighted by atomic mass is 35.5. The number of carbonyl (C=O) groups excluding carboxylic acids is 1. The van der Waals surface area contributed by atoms with E-state index < -0.39 is 0 Å². The fraction of sp³-hybridized carbons (Fsp3) is 0.214. The molecule has 1 aromatic carbocycles. The van der Waals surface area contributed by atoms with Gasteiger partial charge in [-0.15, -0.1) is 0 Å². The second-order valence-corrected chi connectivity index (χ2v) is 5.10. The molecule has 1 heterocycles. The number of Topliss-reactive ketones (excluding diaryl/α,β-unsaturated/α-hetero) is 1. The zero-order valence-corrected chi connectivity index (χ0v) is 12.1. The minimum Gasteiger partial charge on any atom is -0.294 e. The van der Waals surface area contributed by atoms with Crippen molar-refractivity contribution in [1.29, 1.82) is 0 Å². The summed E-state index contributed by atoms with van der Waals surface area (Å²) in [6.45, 7) is 3.30. The van der Waals surface area contributed by atoms with E-state index in [1.165, 1.54) is 6.92 Å². The summed E-state index contributed by atoms with van der Waals surface area (Å²) < 4.78 is 0. The third-order valence-electron chi connectivity index (χ3n) is 2.77. The highest BCUT2D eigenvalue weighted by Gasteiger charge is 2.09. The highest BCUT2D eigenvalue weighted by Crippen LogP contribution is 2.22. The third-order valence-corrected chi connectivity index (χ3v) is 3.36. The topological polar surface area (TPSA) is 42.9 Å². The van der Waals surface area contributed by atoms with E-state index in [0.29, 0.717) is 33.5 Å². The molecule has 0 aliphatic heterocycles. The average Bonchev–Trinajstić information content (AvgIpc) is 2.32. The molecule has 3 nitrogen and oxygen atoms in total. The molecule has 19 heavy (non-hydrogen) atoms. The SMILES string of the molecule is CC(=O)c1cnc(Cc2ccc(Cl)cc2Cl)nc1C. The van der Waals surface area contributed by atoms with E-state index >= 15 is 0 Å². The van der Waals surface area contributed by atoms with Crippen molar-refractivity contribution in [3.05, 3.63) is 57.1 Å². The first-order chi connectivity index (χ1) is 8.97. The predicted molar refractivity (Wildman–Crippen MR) is 76.0 cm³/mol. The molecular weight excluding hydrogens is 283 g/mol. The van der Waals surface area contributed by atoms with Crippen molar-refractivity contribution in [2.45, 2.75) is 20.3 Å². The van der Waals surface area contributed by atoms with Gasteiger partial charge >= 0.3 is 0 Å². The lowest BCUT2D eigenvalue weighted by atomic mass is 10.1. The average molecular weight is 295 g/mol. The van der Waals surface area contributed by atoms with E-state index in [9.17, 15) is 4.79 Å². The number of aromatic nitrogens is 2. The summed E-state index contributed by atoms with van der Waals surface area (Å²) in [5, 5.41) is 1.18. The molecule has 2 aromatic rings. The maximum absolute atomic E-state index is 11.3. The number of ketones is 1. The molecule has 0 unspecified atom stereocenters. The number of benzene rings is 1. The van der Waals surface area contributed by atoms with Gasteiger partial charge in [-0.3, -0.25) is 4.79 Å². The Hall–Kier alpha value is -1.45. The summed E-state index contributed by atoms with van der Waals surface area (Å²) in [5.41, 5.74) is 2.13. The summed E-state index contributed by atoms with van der Waals surface area (Å²) in [7, 11) is 0. The Balaban J connectivity index is 2.29. The fourth-order valence-corrected chi connectivity index (χ4v) is 2.26. The Morgan fingerprint density at radius 1 is 1.32 bits per heavy atom. The van der Waals surface area contributed by atoms with Crippen LogP contribution in [0.3, 0.4) is 0 Å². The Labute approximate surface area is 121 Å². The normalized spacial score (nSPS) is 10.5. The van der Waals surface area contributed by atoms with Gasteiger partial charge in [-0.2, -0.15) is 0 Å². The first kappa shape index (κ1) is 14.0. The Morgan fingerprint density at radius 3 is 2.63 bits per heavy atom. The van der Waals surface area contributed by atoms with Crippen LogP contribution in [-0.2, 0) is 6.42 Å². The van der Waals surface area contributed by atoms with Gasteiger partial charge in [-0.1, -0.05) is 29.3 Å². The second-order valence-electron chi connectivity index (χ2n) is 4.25. The van der Waals surface area contributed by atoms with E-state index in [0.717, 1.165) is 5.56 Å². The van der Waals surface area contributed by atoms with Crippen LogP contribution in [0.1, 0.15) is 34.4 Å². The van der Waals surface area contributed by atoms with Crippen LogP contribution in [0.5, 0.6) is 0 Å². The van der Waals surface area contributed by atoms with Crippen molar-refractivity contribution >= 4 is 29.0 Å². The number of nitrogens with zero attached hydrogens (tertiary/aromatic N) is 2. The number of halogens is 2. The quantitative estimate of drug-likeness (QED) is 0.807. The molecule has 2 rings (SSSR count). The second kappa shape index (κ2) is 5.68. The van der Waals surface area contributed by atoms with Crippen molar-refractivity contribution in [2.24, 2.45) is 0 Å². The first-order valence-corrected chi connectivity index (χ1v) is 6.50. The van der Waals surface area contributed by atoms with Gasteiger partial charge in [0.25, 0.3) is 0 Å². The summed E-state index contributed by atoms with van der Waals surface area (Å²) >= 11 is 12.0.